The van der Waals surface area contributed by atoms with E-state index >= 15 is 0 Å². The van der Waals surface area contributed by atoms with E-state index < -0.39 is 11.4 Å². The first-order chi connectivity index (χ1) is 10.7. The quantitative estimate of drug-likeness (QED) is 0.805. The van der Waals surface area contributed by atoms with Crippen molar-refractivity contribution < 1.29 is 9.90 Å². The molecule has 0 spiro atoms. The zero-order valence-electron chi connectivity index (χ0n) is 11.5. The average molecular weight is 292 g/mol. The van der Waals surface area contributed by atoms with Crippen molar-refractivity contribution >= 4 is 5.97 Å². The number of para-hydroxylation sites is 1. The molecule has 0 bridgehead atoms. The van der Waals surface area contributed by atoms with E-state index in [2.05, 4.69) is 5.10 Å². The molecular formula is C17H12N2O3. The summed E-state index contributed by atoms with van der Waals surface area (Å²) < 4.78 is 1.47. The summed E-state index contributed by atoms with van der Waals surface area (Å²) in [6.45, 7) is 0. The maximum absolute atomic E-state index is 12.0. The summed E-state index contributed by atoms with van der Waals surface area (Å²) in [6.07, 6.45) is 1.03. The largest absolute Gasteiger partial charge is 0.477 e. The first-order valence-corrected chi connectivity index (χ1v) is 6.65. The molecule has 1 heterocycles. The van der Waals surface area contributed by atoms with Gasteiger partial charge in [-0.05, 0) is 12.1 Å². The predicted molar refractivity (Wildman–Crippen MR) is 82.2 cm³/mol. The molecule has 1 aromatic heterocycles. The van der Waals surface area contributed by atoms with Crippen molar-refractivity contribution in [3.8, 4) is 16.9 Å². The Morgan fingerprint density at radius 3 is 2.14 bits per heavy atom. The Kier molecular flexibility index (Phi) is 3.53. The van der Waals surface area contributed by atoms with Crippen LogP contribution in [0.3, 0.4) is 0 Å². The number of aromatic nitrogens is 2. The SMILES string of the molecule is O=C(O)c1c(-c2ccccc2)n(-c2ccccc2)ncc1=O. The molecule has 0 radical (unpaired) electrons. The third-order valence-electron chi connectivity index (χ3n) is 3.25. The Morgan fingerprint density at radius 1 is 0.955 bits per heavy atom. The van der Waals surface area contributed by atoms with Crippen LogP contribution in [-0.2, 0) is 0 Å². The van der Waals surface area contributed by atoms with Crippen molar-refractivity contribution in [3.05, 3.63) is 82.6 Å². The number of nitrogens with zero attached hydrogens (tertiary/aromatic N) is 2. The Balaban J connectivity index is 2.39. The molecule has 0 amide bonds. The summed E-state index contributed by atoms with van der Waals surface area (Å²) in [5, 5.41) is 13.5. The highest BCUT2D eigenvalue weighted by Crippen LogP contribution is 2.23. The molecule has 22 heavy (non-hydrogen) atoms. The van der Waals surface area contributed by atoms with Crippen LogP contribution in [0.15, 0.2) is 71.7 Å². The number of carboxylic acids is 1. The standard InChI is InChI=1S/C17H12N2O3/c20-14-11-18-19(13-9-5-2-6-10-13)16(15(14)17(21)22)12-7-3-1-4-8-12/h1-11H,(H,21,22). The fourth-order valence-corrected chi connectivity index (χ4v) is 2.29. The minimum Gasteiger partial charge on any atom is -0.477 e. The van der Waals surface area contributed by atoms with Crippen molar-refractivity contribution in [1.82, 2.24) is 9.78 Å². The molecule has 0 aliphatic heterocycles. The number of carboxylic acid groups (broad SMARTS) is 1. The van der Waals surface area contributed by atoms with Crippen molar-refractivity contribution in [2.75, 3.05) is 0 Å². The third-order valence-corrected chi connectivity index (χ3v) is 3.25. The van der Waals surface area contributed by atoms with E-state index in [1.54, 1.807) is 36.4 Å². The summed E-state index contributed by atoms with van der Waals surface area (Å²) in [5.41, 5.74) is 0.674. The Morgan fingerprint density at radius 2 is 1.55 bits per heavy atom. The minimum atomic E-state index is -1.27. The van der Waals surface area contributed by atoms with Gasteiger partial charge in [-0.1, -0.05) is 48.5 Å². The van der Waals surface area contributed by atoms with Crippen LogP contribution in [-0.4, -0.2) is 20.9 Å². The van der Waals surface area contributed by atoms with Gasteiger partial charge in [0, 0.05) is 5.56 Å². The number of hydrogen-bond acceptors (Lipinski definition) is 3. The molecule has 0 aliphatic carbocycles. The lowest BCUT2D eigenvalue weighted by Gasteiger charge is -2.14. The fraction of sp³-hybridized carbons (Fsp3) is 0. The maximum atomic E-state index is 12.0. The average Bonchev–Trinajstić information content (AvgIpc) is 2.56. The highest BCUT2D eigenvalue weighted by molar-refractivity contribution is 5.94. The molecule has 108 valence electrons. The number of rotatable bonds is 3. The topological polar surface area (TPSA) is 72.2 Å². The second kappa shape index (κ2) is 5.65. The van der Waals surface area contributed by atoms with Crippen molar-refractivity contribution in [2.24, 2.45) is 0 Å². The highest BCUT2D eigenvalue weighted by Gasteiger charge is 2.20. The van der Waals surface area contributed by atoms with E-state index in [4.69, 9.17) is 0 Å². The van der Waals surface area contributed by atoms with E-state index in [9.17, 15) is 14.7 Å². The molecule has 5 nitrogen and oxygen atoms in total. The Labute approximate surface area is 126 Å². The van der Waals surface area contributed by atoms with Gasteiger partial charge in [0.25, 0.3) is 0 Å². The molecule has 0 saturated heterocycles. The lowest BCUT2D eigenvalue weighted by molar-refractivity contribution is 0.0695. The summed E-state index contributed by atoms with van der Waals surface area (Å²) in [5.74, 6) is -1.27. The molecular weight excluding hydrogens is 280 g/mol. The fourth-order valence-electron chi connectivity index (χ4n) is 2.29. The molecule has 5 heteroatoms. The van der Waals surface area contributed by atoms with Crippen molar-refractivity contribution in [2.45, 2.75) is 0 Å². The minimum absolute atomic E-state index is 0.270. The lowest BCUT2D eigenvalue weighted by atomic mass is 10.1. The molecule has 3 aromatic rings. The zero-order valence-corrected chi connectivity index (χ0v) is 11.5. The van der Waals surface area contributed by atoms with Gasteiger partial charge < -0.3 is 5.11 Å². The maximum Gasteiger partial charge on any atom is 0.342 e. The van der Waals surface area contributed by atoms with Gasteiger partial charge in [0.1, 0.15) is 5.56 Å². The van der Waals surface area contributed by atoms with Gasteiger partial charge in [-0.15, -0.1) is 0 Å². The second-order valence-corrected chi connectivity index (χ2v) is 4.65. The van der Waals surface area contributed by atoms with Gasteiger partial charge in [0.15, 0.2) is 0 Å². The smallest absolute Gasteiger partial charge is 0.342 e. The molecule has 0 aliphatic rings. The monoisotopic (exact) mass is 292 g/mol. The van der Waals surface area contributed by atoms with E-state index in [1.165, 1.54) is 4.68 Å². The van der Waals surface area contributed by atoms with Crippen molar-refractivity contribution in [3.63, 3.8) is 0 Å². The summed E-state index contributed by atoms with van der Waals surface area (Å²) >= 11 is 0. The number of aromatic carboxylic acids is 1. The van der Waals surface area contributed by atoms with E-state index in [0.717, 1.165) is 6.20 Å². The Bertz CT molecular complexity index is 871. The second-order valence-electron chi connectivity index (χ2n) is 4.65. The van der Waals surface area contributed by atoms with Crippen LogP contribution < -0.4 is 5.43 Å². The molecule has 0 unspecified atom stereocenters. The van der Waals surface area contributed by atoms with Gasteiger partial charge in [0.2, 0.25) is 5.43 Å². The van der Waals surface area contributed by atoms with Gasteiger partial charge in [0.05, 0.1) is 17.6 Å². The number of benzene rings is 2. The van der Waals surface area contributed by atoms with E-state index in [1.807, 2.05) is 24.3 Å². The van der Waals surface area contributed by atoms with Crippen molar-refractivity contribution in [1.29, 1.82) is 0 Å². The summed E-state index contributed by atoms with van der Waals surface area (Å²) in [7, 11) is 0. The van der Waals surface area contributed by atoms with Crippen LogP contribution in [0.4, 0.5) is 0 Å². The normalized spacial score (nSPS) is 10.4. The van der Waals surface area contributed by atoms with Gasteiger partial charge in [-0.2, -0.15) is 5.10 Å². The zero-order chi connectivity index (χ0) is 15.5. The molecule has 3 rings (SSSR count). The van der Waals surface area contributed by atoms with Crippen LogP contribution in [0, 0.1) is 0 Å². The predicted octanol–water partition coefficient (Wildman–Crippen LogP) is 2.60. The van der Waals surface area contributed by atoms with Gasteiger partial charge in [-0.25, -0.2) is 9.48 Å². The van der Waals surface area contributed by atoms with E-state index in [-0.39, 0.29) is 11.3 Å². The van der Waals surface area contributed by atoms with Crippen LogP contribution in [0.2, 0.25) is 0 Å². The molecule has 0 fully saturated rings. The van der Waals surface area contributed by atoms with Gasteiger partial charge >= 0.3 is 5.97 Å². The molecule has 0 atom stereocenters. The first-order valence-electron chi connectivity index (χ1n) is 6.65. The molecule has 1 N–H and O–H groups in total. The molecule has 2 aromatic carbocycles. The Hall–Kier alpha value is -3.21. The van der Waals surface area contributed by atoms with Crippen LogP contribution >= 0.6 is 0 Å². The lowest BCUT2D eigenvalue weighted by Crippen LogP contribution is -2.22. The van der Waals surface area contributed by atoms with Crippen LogP contribution in [0.1, 0.15) is 10.4 Å². The highest BCUT2D eigenvalue weighted by atomic mass is 16.4. The van der Waals surface area contributed by atoms with Crippen LogP contribution in [0.25, 0.3) is 16.9 Å². The number of hydrogen-bond donors (Lipinski definition) is 1. The first kappa shape index (κ1) is 13.8. The van der Waals surface area contributed by atoms with Crippen LogP contribution in [0.5, 0.6) is 0 Å². The van der Waals surface area contributed by atoms with Gasteiger partial charge in [-0.3, -0.25) is 4.79 Å². The molecule has 0 saturated carbocycles. The summed E-state index contributed by atoms with van der Waals surface area (Å²) in [4.78, 5) is 23.5. The van der Waals surface area contributed by atoms with E-state index in [0.29, 0.717) is 11.3 Å². The summed E-state index contributed by atoms with van der Waals surface area (Å²) in [6, 6.07) is 18.0. The number of carbonyl (C=O) groups is 1. The third kappa shape index (κ3) is 2.40.